The molecular weight excluding hydrogens is 256 g/mol. The zero-order valence-corrected chi connectivity index (χ0v) is 11.9. The summed E-state index contributed by atoms with van der Waals surface area (Å²) in [7, 11) is 0. The van der Waals surface area contributed by atoms with Crippen LogP contribution in [-0.4, -0.2) is 18.5 Å². The van der Waals surface area contributed by atoms with E-state index < -0.39 is 6.09 Å². The van der Waals surface area contributed by atoms with E-state index in [9.17, 15) is 9.59 Å². The number of ketones is 1. The summed E-state index contributed by atoms with van der Waals surface area (Å²) in [6.07, 6.45) is -0.668. The molecule has 20 heavy (non-hydrogen) atoms. The van der Waals surface area contributed by atoms with Crippen LogP contribution in [0, 0.1) is 24.2 Å². The van der Waals surface area contributed by atoms with Crippen molar-refractivity contribution >= 4 is 17.6 Å². The molecule has 0 aromatic heterocycles. The second-order valence-electron chi connectivity index (χ2n) is 4.91. The summed E-state index contributed by atoms with van der Waals surface area (Å²) in [6.45, 7) is 6.01. The monoisotopic (exact) mass is 274 g/mol. The Labute approximate surface area is 118 Å². The number of amides is 1. The van der Waals surface area contributed by atoms with Gasteiger partial charge in [-0.15, -0.1) is 0 Å². The van der Waals surface area contributed by atoms with Crippen LogP contribution in [0.4, 0.5) is 10.5 Å². The van der Waals surface area contributed by atoms with E-state index in [4.69, 9.17) is 10.00 Å². The van der Waals surface area contributed by atoms with E-state index >= 15 is 0 Å². The van der Waals surface area contributed by atoms with Crippen molar-refractivity contribution in [1.29, 1.82) is 5.26 Å². The number of rotatable bonds is 5. The number of anilines is 1. The molecular formula is C15H18N2O3. The first-order valence-electron chi connectivity index (χ1n) is 6.38. The molecule has 0 saturated carbocycles. The molecule has 0 heterocycles. The van der Waals surface area contributed by atoms with Gasteiger partial charge in [0.15, 0.2) is 5.78 Å². The molecule has 0 aliphatic heterocycles. The third kappa shape index (κ3) is 4.73. The van der Waals surface area contributed by atoms with Gasteiger partial charge in [-0.05, 0) is 36.6 Å². The number of nitrogens with one attached hydrogen (secondary N) is 1. The lowest BCUT2D eigenvalue weighted by Crippen LogP contribution is -2.16. The fourth-order valence-electron chi connectivity index (χ4n) is 1.62. The van der Waals surface area contributed by atoms with E-state index in [0.29, 0.717) is 23.4 Å². The minimum absolute atomic E-state index is 0.149. The molecule has 5 heteroatoms. The highest BCUT2D eigenvalue weighted by Crippen LogP contribution is 2.17. The Bertz CT molecular complexity index is 545. The van der Waals surface area contributed by atoms with Crippen LogP contribution < -0.4 is 5.32 Å². The predicted molar refractivity (Wildman–Crippen MR) is 75.5 cm³/mol. The first-order valence-corrected chi connectivity index (χ1v) is 6.38. The first-order chi connectivity index (χ1) is 9.43. The van der Waals surface area contributed by atoms with Gasteiger partial charge in [0.25, 0.3) is 0 Å². The van der Waals surface area contributed by atoms with Crippen molar-refractivity contribution in [3.8, 4) is 6.07 Å². The second-order valence-corrected chi connectivity index (χ2v) is 4.91. The lowest BCUT2D eigenvalue weighted by molar-refractivity contribution is 0.0997. The zero-order valence-electron chi connectivity index (χ0n) is 11.9. The van der Waals surface area contributed by atoms with Crippen LogP contribution in [0.25, 0.3) is 0 Å². The number of Topliss-reactive ketones (excluding diaryl/α,β-unsaturated/α-hetero) is 1. The van der Waals surface area contributed by atoms with Gasteiger partial charge in [-0.1, -0.05) is 13.8 Å². The van der Waals surface area contributed by atoms with Crippen molar-refractivity contribution in [3.63, 3.8) is 0 Å². The number of carbonyl (C=O) groups is 2. The van der Waals surface area contributed by atoms with Gasteiger partial charge < -0.3 is 4.74 Å². The van der Waals surface area contributed by atoms with Crippen LogP contribution in [0.5, 0.6) is 0 Å². The van der Waals surface area contributed by atoms with Crippen LogP contribution in [0.2, 0.25) is 0 Å². The Morgan fingerprint density at radius 1 is 1.40 bits per heavy atom. The Morgan fingerprint density at radius 2 is 2.10 bits per heavy atom. The van der Waals surface area contributed by atoms with Gasteiger partial charge in [0.1, 0.15) is 0 Å². The van der Waals surface area contributed by atoms with Crippen LogP contribution in [0.15, 0.2) is 18.2 Å². The highest BCUT2D eigenvalue weighted by Gasteiger charge is 2.10. The lowest BCUT2D eigenvalue weighted by Gasteiger charge is -2.10. The number of aryl methyl sites for hydroxylation is 1. The normalized spacial score (nSPS) is 9.95. The van der Waals surface area contributed by atoms with Gasteiger partial charge in [0.2, 0.25) is 0 Å². The molecule has 0 atom stereocenters. The smallest absolute Gasteiger partial charge is 0.411 e. The molecule has 1 N–H and O–H groups in total. The number of hydrogen-bond donors (Lipinski definition) is 1. The number of nitriles is 1. The fraction of sp³-hybridized carbons (Fsp3) is 0.400. The van der Waals surface area contributed by atoms with Gasteiger partial charge in [-0.2, -0.15) is 5.26 Å². The maximum absolute atomic E-state index is 11.6. The quantitative estimate of drug-likeness (QED) is 0.835. The molecule has 0 fully saturated rings. The van der Waals surface area contributed by atoms with Crippen molar-refractivity contribution in [2.45, 2.75) is 27.2 Å². The van der Waals surface area contributed by atoms with E-state index in [2.05, 4.69) is 5.32 Å². The topological polar surface area (TPSA) is 79.2 Å². The molecule has 1 aromatic rings. The molecule has 1 aromatic carbocycles. The summed E-state index contributed by atoms with van der Waals surface area (Å²) < 4.78 is 5.00. The summed E-state index contributed by atoms with van der Waals surface area (Å²) in [5.41, 5.74) is 1.77. The molecule has 0 bridgehead atoms. The van der Waals surface area contributed by atoms with E-state index in [0.717, 1.165) is 0 Å². The Morgan fingerprint density at radius 3 is 2.65 bits per heavy atom. The zero-order chi connectivity index (χ0) is 15.1. The van der Waals surface area contributed by atoms with Gasteiger partial charge >= 0.3 is 6.09 Å². The maximum atomic E-state index is 11.6. The van der Waals surface area contributed by atoms with Gasteiger partial charge in [0.05, 0.1) is 19.1 Å². The number of ether oxygens (including phenoxy) is 1. The minimum Gasteiger partial charge on any atom is -0.449 e. The molecule has 0 aliphatic carbocycles. The van der Waals surface area contributed by atoms with E-state index in [1.807, 2.05) is 19.9 Å². The SMILES string of the molecule is Cc1cc(NC(=O)OCC(C)C)ccc1C(=O)CC#N. The highest BCUT2D eigenvalue weighted by molar-refractivity contribution is 5.99. The molecule has 1 rings (SSSR count). The van der Waals surface area contributed by atoms with Crippen LogP contribution in [0.3, 0.4) is 0 Å². The largest absolute Gasteiger partial charge is 0.449 e. The summed E-state index contributed by atoms with van der Waals surface area (Å²) in [5.74, 6) is 0.0485. The lowest BCUT2D eigenvalue weighted by atomic mass is 10.0. The van der Waals surface area contributed by atoms with E-state index in [1.165, 1.54) is 0 Å². The first kappa shape index (κ1) is 15.7. The maximum Gasteiger partial charge on any atom is 0.411 e. The number of carbonyl (C=O) groups excluding carboxylic acids is 2. The van der Waals surface area contributed by atoms with Gasteiger partial charge in [-0.3, -0.25) is 10.1 Å². The van der Waals surface area contributed by atoms with Crippen LogP contribution in [0.1, 0.15) is 36.2 Å². The summed E-state index contributed by atoms with van der Waals surface area (Å²) in [5, 5.41) is 11.1. The fourth-order valence-corrected chi connectivity index (χ4v) is 1.62. The molecule has 0 saturated heterocycles. The molecule has 5 nitrogen and oxygen atoms in total. The molecule has 106 valence electrons. The summed E-state index contributed by atoms with van der Waals surface area (Å²) >= 11 is 0. The van der Waals surface area contributed by atoms with Crippen molar-refractivity contribution < 1.29 is 14.3 Å². The predicted octanol–water partition coefficient (Wildman–Crippen LogP) is 3.30. The number of nitrogens with zero attached hydrogens (tertiary/aromatic N) is 1. The molecule has 0 spiro atoms. The third-order valence-electron chi connectivity index (χ3n) is 2.56. The molecule has 0 unspecified atom stereocenters. The average molecular weight is 274 g/mol. The highest BCUT2D eigenvalue weighted by atomic mass is 16.5. The summed E-state index contributed by atoms with van der Waals surface area (Å²) in [6, 6.07) is 6.73. The van der Waals surface area contributed by atoms with Gasteiger partial charge in [0, 0.05) is 11.3 Å². The van der Waals surface area contributed by atoms with Crippen molar-refractivity contribution in [1.82, 2.24) is 0 Å². The number of benzene rings is 1. The van der Waals surface area contributed by atoms with E-state index in [1.54, 1.807) is 25.1 Å². The number of hydrogen-bond acceptors (Lipinski definition) is 4. The molecule has 0 radical (unpaired) electrons. The minimum atomic E-state index is -0.519. The average Bonchev–Trinajstić information content (AvgIpc) is 2.36. The van der Waals surface area contributed by atoms with Crippen LogP contribution in [-0.2, 0) is 4.74 Å². The Balaban J connectivity index is 2.71. The van der Waals surface area contributed by atoms with E-state index in [-0.39, 0.29) is 18.1 Å². The second kappa shape index (κ2) is 7.29. The Hall–Kier alpha value is -2.35. The van der Waals surface area contributed by atoms with Gasteiger partial charge in [-0.25, -0.2) is 4.79 Å². The van der Waals surface area contributed by atoms with Crippen LogP contribution >= 0.6 is 0 Å². The Kier molecular flexibility index (Phi) is 5.73. The standard InChI is InChI=1S/C15H18N2O3/c1-10(2)9-20-15(19)17-12-4-5-13(11(3)8-12)14(18)6-7-16/h4-5,8,10H,6,9H2,1-3H3,(H,17,19). The third-order valence-corrected chi connectivity index (χ3v) is 2.56. The summed E-state index contributed by atoms with van der Waals surface area (Å²) in [4.78, 5) is 23.1. The molecule has 0 aliphatic rings. The molecule has 1 amide bonds. The van der Waals surface area contributed by atoms with Crippen molar-refractivity contribution in [2.75, 3.05) is 11.9 Å². The van der Waals surface area contributed by atoms with Crippen molar-refractivity contribution in [3.05, 3.63) is 29.3 Å². The van der Waals surface area contributed by atoms with Crippen molar-refractivity contribution in [2.24, 2.45) is 5.92 Å².